The first-order valence-corrected chi connectivity index (χ1v) is 5.52. The first-order valence-electron chi connectivity index (χ1n) is 5.14. The van der Waals surface area contributed by atoms with E-state index in [0.717, 1.165) is 18.4 Å². The van der Waals surface area contributed by atoms with Gasteiger partial charge in [-0.1, -0.05) is 23.7 Å². The van der Waals surface area contributed by atoms with Crippen molar-refractivity contribution in [1.82, 2.24) is 0 Å². The van der Waals surface area contributed by atoms with Crippen LogP contribution in [0.5, 0.6) is 0 Å². The van der Waals surface area contributed by atoms with E-state index >= 15 is 0 Å². The Hall–Kier alpha value is -0.860. The van der Waals surface area contributed by atoms with Gasteiger partial charge in [-0.2, -0.15) is 0 Å². The molecule has 0 saturated heterocycles. The lowest BCUT2D eigenvalue weighted by molar-refractivity contribution is -0.123. The summed E-state index contributed by atoms with van der Waals surface area (Å²) in [6, 6.07) is 7.45. The van der Waals surface area contributed by atoms with Crippen LogP contribution in [0.2, 0.25) is 5.02 Å². The molecule has 1 aliphatic carbocycles. The molecule has 0 spiro atoms. The monoisotopic (exact) mass is 223 g/mol. The molecule has 0 heterocycles. The summed E-state index contributed by atoms with van der Waals surface area (Å²) < 4.78 is 0. The van der Waals surface area contributed by atoms with Crippen molar-refractivity contribution in [2.45, 2.75) is 19.3 Å². The molecule has 0 amide bonds. The van der Waals surface area contributed by atoms with Gasteiger partial charge < -0.3 is 5.73 Å². The largest absolute Gasteiger partial charge is 0.329 e. The third kappa shape index (κ3) is 2.21. The predicted octanol–water partition coefficient (Wildman–Crippen LogP) is 2.19. The topological polar surface area (TPSA) is 43.1 Å². The van der Waals surface area contributed by atoms with Gasteiger partial charge in [0.15, 0.2) is 0 Å². The van der Waals surface area contributed by atoms with E-state index in [1.807, 2.05) is 24.3 Å². The first kappa shape index (κ1) is 10.7. The van der Waals surface area contributed by atoms with Crippen LogP contribution in [0.3, 0.4) is 0 Å². The van der Waals surface area contributed by atoms with Crippen LogP contribution in [0.15, 0.2) is 24.3 Å². The molecule has 0 aromatic heterocycles. The van der Waals surface area contributed by atoms with E-state index in [-0.39, 0.29) is 11.2 Å². The second-order valence-electron chi connectivity index (χ2n) is 4.21. The maximum absolute atomic E-state index is 11.9. The standard InChI is InChI=1S/C12H14ClNO/c13-10-3-1-2-9(6-10)7-11(15)12(8-14)4-5-12/h1-3,6H,4-5,7-8,14H2. The van der Waals surface area contributed by atoms with Gasteiger partial charge in [-0.05, 0) is 30.5 Å². The summed E-state index contributed by atoms with van der Waals surface area (Å²) in [7, 11) is 0. The van der Waals surface area contributed by atoms with Gasteiger partial charge in [0.1, 0.15) is 5.78 Å². The van der Waals surface area contributed by atoms with Crippen LogP contribution in [0.4, 0.5) is 0 Å². The Morgan fingerprint density at radius 3 is 2.73 bits per heavy atom. The van der Waals surface area contributed by atoms with Gasteiger partial charge in [0.05, 0.1) is 0 Å². The molecule has 0 aliphatic heterocycles. The maximum Gasteiger partial charge on any atom is 0.144 e. The smallest absolute Gasteiger partial charge is 0.144 e. The van der Waals surface area contributed by atoms with E-state index in [9.17, 15) is 4.79 Å². The highest BCUT2D eigenvalue weighted by Gasteiger charge is 2.47. The normalized spacial score (nSPS) is 17.5. The highest BCUT2D eigenvalue weighted by atomic mass is 35.5. The number of carbonyl (C=O) groups excluding carboxylic acids is 1. The molecule has 3 heteroatoms. The fourth-order valence-corrected chi connectivity index (χ4v) is 1.98. The maximum atomic E-state index is 11.9. The summed E-state index contributed by atoms with van der Waals surface area (Å²) in [4.78, 5) is 11.9. The summed E-state index contributed by atoms with van der Waals surface area (Å²) in [5.41, 5.74) is 6.38. The molecule has 1 aromatic carbocycles. The summed E-state index contributed by atoms with van der Waals surface area (Å²) >= 11 is 5.86. The molecule has 15 heavy (non-hydrogen) atoms. The van der Waals surface area contributed by atoms with Crippen molar-refractivity contribution in [3.63, 3.8) is 0 Å². The SMILES string of the molecule is NCC1(C(=O)Cc2cccc(Cl)c2)CC1. The van der Waals surface area contributed by atoms with Crippen molar-refractivity contribution < 1.29 is 4.79 Å². The molecule has 80 valence electrons. The second-order valence-corrected chi connectivity index (χ2v) is 4.65. The summed E-state index contributed by atoms with van der Waals surface area (Å²) in [5, 5.41) is 0.679. The van der Waals surface area contributed by atoms with Gasteiger partial charge in [-0.3, -0.25) is 4.79 Å². The van der Waals surface area contributed by atoms with Gasteiger partial charge in [-0.25, -0.2) is 0 Å². The van der Waals surface area contributed by atoms with Crippen molar-refractivity contribution in [3.05, 3.63) is 34.9 Å². The molecule has 0 bridgehead atoms. The van der Waals surface area contributed by atoms with Crippen molar-refractivity contribution >= 4 is 17.4 Å². The number of Topliss-reactive ketones (excluding diaryl/α,β-unsaturated/α-hetero) is 1. The highest BCUT2D eigenvalue weighted by Crippen LogP contribution is 2.46. The zero-order valence-corrected chi connectivity index (χ0v) is 9.26. The molecular formula is C12H14ClNO. The predicted molar refractivity (Wildman–Crippen MR) is 60.9 cm³/mol. The zero-order valence-electron chi connectivity index (χ0n) is 8.50. The van der Waals surface area contributed by atoms with Crippen LogP contribution in [0, 0.1) is 5.41 Å². The Morgan fingerprint density at radius 2 is 2.20 bits per heavy atom. The fraction of sp³-hybridized carbons (Fsp3) is 0.417. The fourth-order valence-electron chi connectivity index (χ4n) is 1.77. The molecule has 1 aromatic rings. The van der Waals surface area contributed by atoms with Gasteiger partial charge in [-0.15, -0.1) is 0 Å². The van der Waals surface area contributed by atoms with Crippen LogP contribution in [-0.4, -0.2) is 12.3 Å². The van der Waals surface area contributed by atoms with Crippen molar-refractivity contribution in [1.29, 1.82) is 0 Å². The molecule has 1 aliphatic rings. The molecular weight excluding hydrogens is 210 g/mol. The Balaban J connectivity index is 2.06. The number of benzene rings is 1. The number of hydrogen-bond donors (Lipinski definition) is 1. The third-order valence-electron chi connectivity index (χ3n) is 3.09. The van der Waals surface area contributed by atoms with Gasteiger partial charge in [0, 0.05) is 23.4 Å². The van der Waals surface area contributed by atoms with Crippen LogP contribution in [0.1, 0.15) is 18.4 Å². The molecule has 0 radical (unpaired) electrons. The minimum atomic E-state index is -0.206. The van der Waals surface area contributed by atoms with Crippen molar-refractivity contribution in [3.8, 4) is 0 Å². The number of hydrogen-bond acceptors (Lipinski definition) is 2. The quantitative estimate of drug-likeness (QED) is 0.851. The number of nitrogens with two attached hydrogens (primary N) is 1. The van der Waals surface area contributed by atoms with Gasteiger partial charge in [0.2, 0.25) is 0 Å². The average Bonchev–Trinajstić information content (AvgIpc) is 2.98. The minimum absolute atomic E-state index is 0.206. The van der Waals surface area contributed by atoms with Gasteiger partial charge >= 0.3 is 0 Å². The van der Waals surface area contributed by atoms with Gasteiger partial charge in [0.25, 0.3) is 0 Å². The summed E-state index contributed by atoms with van der Waals surface area (Å²) in [6.45, 7) is 0.479. The molecule has 2 rings (SSSR count). The van der Waals surface area contributed by atoms with E-state index in [1.165, 1.54) is 0 Å². The Bertz CT molecular complexity index is 385. The number of halogens is 1. The van der Waals surface area contributed by atoms with Crippen molar-refractivity contribution in [2.24, 2.45) is 11.1 Å². The lowest BCUT2D eigenvalue weighted by Crippen LogP contribution is -2.26. The number of rotatable bonds is 4. The minimum Gasteiger partial charge on any atom is -0.329 e. The number of ketones is 1. The van der Waals surface area contributed by atoms with E-state index in [1.54, 1.807) is 0 Å². The van der Waals surface area contributed by atoms with Crippen LogP contribution >= 0.6 is 11.6 Å². The van der Waals surface area contributed by atoms with Crippen LogP contribution in [-0.2, 0) is 11.2 Å². The first-order chi connectivity index (χ1) is 7.16. The molecule has 0 atom stereocenters. The zero-order chi connectivity index (χ0) is 10.9. The van der Waals surface area contributed by atoms with E-state index in [4.69, 9.17) is 17.3 Å². The number of carbonyl (C=O) groups is 1. The van der Waals surface area contributed by atoms with E-state index < -0.39 is 0 Å². The molecule has 2 nitrogen and oxygen atoms in total. The highest BCUT2D eigenvalue weighted by molar-refractivity contribution is 6.30. The molecule has 1 fully saturated rings. The average molecular weight is 224 g/mol. The van der Waals surface area contributed by atoms with Crippen molar-refractivity contribution in [2.75, 3.05) is 6.54 Å². The molecule has 1 saturated carbocycles. The van der Waals surface area contributed by atoms with E-state index in [2.05, 4.69) is 0 Å². The second kappa shape index (κ2) is 3.95. The van der Waals surface area contributed by atoms with E-state index in [0.29, 0.717) is 18.0 Å². The lowest BCUT2D eigenvalue weighted by atomic mass is 9.95. The van der Waals surface area contributed by atoms with Crippen LogP contribution < -0.4 is 5.73 Å². The third-order valence-corrected chi connectivity index (χ3v) is 3.32. The summed E-state index contributed by atoms with van der Waals surface area (Å²) in [6.07, 6.45) is 2.35. The Labute approximate surface area is 94.4 Å². The Morgan fingerprint density at radius 1 is 1.47 bits per heavy atom. The van der Waals surface area contributed by atoms with Crippen LogP contribution in [0.25, 0.3) is 0 Å². The summed E-state index contributed by atoms with van der Waals surface area (Å²) in [5.74, 6) is 0.257. The molecule has 2 N–H and O–H groups in total. The molecule has 0 unspecified atom stereocenters. The lowest BCUT2D eigenvalue weighted by Gasteiger charge is -2.10. The Kier molecular flexibility index (Phi) is 2.81.